The lowest BCUT2D eigenvalue weighted by Crippen LogP contribution is -2.25. The molecule has 0 aromatic heterocycles. The van der Waals surface area contributed by atoms with E-state index in [1.807, 2.05) is 0 Å². The van der Waals surface area contributed by atoms with E-state index in [0.29, 0.717) is 0 Å². The number of unbranched alkanes of at least 4 members (excludes halogenated alkanes) is 25. The van der Waals surface area contributed by atoms with Crippen LogP contribution in [-0.2, 0) is 0 Å². The Bertz CT molecular complexity index is 339. The molecule has 34 heavy (non-hydrogen) atoms. The molecule has 0 atom stereocenters. The fourth-order valence-electron chi connectivity index (χ4n) is 5.31. The Morgan fingerprint density at radius 3 is 0.676 bits per heavy atom. The van der Waals surface area contributed by atoms with Crippen LogP contribution in [0.1, 0.15) is 194 Å². The van der Waals surface area contributed by atoms with Crippen molar-refractivity contribution >= 4 is 0 Å². The minimum atomic E-state index is 1.24. The molecule has 0 aliphatic heterocycles. The maximum absolute atomic E-state index is 2.70. The lowest BCUT2D eigenvalue weighted by Gasteiger charge is -2.20. The van der Waals surface area contributed by atoms with Crippen LogP contribution < -0.4 is 0 Å². The van der Waals surface area contributed by atoms with Gasteiger partial charge in [-0.1, -0.05) is 181 Å². The highest BCUT2D eigenvalue weighted by Crippen LogP contribution is 2.15. The molecule has 1 nitrogen and oxygen atoms in total. The van der Waals surface area contributed by atoms with Crippen LogP contribution in [-0.4, -0.2) is 24.5 Å². The standard InChI is InChI=1S/C33H69N/c1-4-7-9-11-13-14-15-16-17-18-19-20-21-22-23-24-25-27-29-31-33-34(6-3)32-30-28-26-12-10-8-5-2/h4-33H2,1-3H3. The van der Waals surface area contributed by atoms with Gasteiger partial charge in [0.2, 0.25) is 0 Å². The molecule has 0 rings (SSSR count). The molecule has 0 amide bonds. The second-order valence-electron chi connectivity index (χ2n) is 11.3. The monoisotopic (exact) mass is 480 g/mol. The van der Waals surface area contributed by atoms with Crippen molar-refractivity contribution in [2.24, 2.45) is 0 Å². The van der Waals surface area contributed by atoms with Gasteiger partial charge in [-0.15, -0.1) is 0 Å². The molecule has 0 fully saturated rings. The van der Waals surface area contributed by atoms with Crippen LogP contribution in [0.5, 0.6) is 0 Å². The molecule has 0 spiro atoms. The number of hydrogen-bond acceptors (Lipinski definition) is 1. The van der Waals surface area contributed by atoms with Gasteiger partial charge in [0.15, 0.2) is 0 Å². The van der Waals surface area contributed by atoms with Crippen molar-refractivity contribution in [2.45, 2.75) is 194 Å². The summed E-state index contributed by atoms with van der Waals surface area (Å²) in [6.45, 7) is 10.9. The normalized spacial score (nSPS) is 11.6. The highest BCUT2D eigenvalue weighted by molar-refractivity contribution is 4.58. The molecule has 206 valence electrons. The van der Waals surface area contributed by atoms with Crippen LogP contribution in [0, 0.1) is 0 Å². The third-order valence-corrected chi connectivity index (χ3v) is 7.85. The minimum absolute atomic E-state index is 1.24. The second kappa shape index (κ2) is 31.0. The largest absolute Gasteiger partial charge is 0.304 e. The number of nitrogens with zero attached hydrogens (tertiary/aromatic N) is 1. The maximum atomic E-state index is 2.70. The van der Waals surface area contributed by atoms with E-state index in [1.165, 1.54) is 193 Å². The second-order valence-corrected chi connectivity index (χ2v) is 11.3. The summed E-state index contributed by atoms with van der Waals surface area (Å²) in [7, 11) is 0. The van der Waals surface area contributed by atoms with Crippen LogP contribution >= 0.6 is 0 Å². The van der Waals surface area contributed by atoms with Crippen molar-refractivity contribution in [3.8, 4) is 0 Å². The quantitative estimate of drug-likeness (QED) is 0.0925. The Hall–Kier alpha value is -0.0400. The van der Waals surface area contributed by atoms with Gasteiger partial charge in [-0.2, -0.15) is 0 Å². The van der Waals surface area contributed by atoms with E-state index in [1.54, 1.807) is 0 Å². The summed E-state index contributed by atoms with van der Waals surface area (Å²) in [4.78, 5) is 2.70. The molecule has 0 saturated carbocycles. The molecular formula is C33H69N. The van der Waals surface area contributed by atoms with E-state index >= 15 is 0 Å². The zero-order valence-corrected chi connectivity index (χ0v) is 24.7. The fourth-order valence-corrected chi connectivity index (χ4v) is 5.31. The van der Waals surface area contributed by atoms with Crippen molar-refractivity contribution < 1.29 is 0 Å². The summed E-state index contributed by atoms with van der Waals surface area (Å²) >= 11 is 0. The predicted octanol–water partition coefficient (Wildman–Crippen LogP) is 11.9. The zero-order chi connectivity index (χ0) is 24.8. The lowest BCUT2D eigenvalue weighted by molar-refractivity contribution is 0.273. The number of rotatable bonds is 30. The smallest absolute Gasteiger partial charge is 0.00189 e. The van der Waals surface area contributed by atoms with Crippen LogP contribution in [0.3, 0.4) is 0 Å². The van der Waals surface area contributed by atoms with Gasteiger partial charge in [0.1, 0.15) is 0 Å². The third kappa shape index (κ3) is 28.2. The summed E-state index contributed by atoms with van der Waals surface area (Å²) < 4.78 is 0. The van der Waals surface area contributed by atoms with Gasteiger partial charge in [0, 0.05) is 0 Å². The molecule has 0 saturated heterocycles. The molecule has 0 aromatic rings. The fraction of sp³-hybridized carbons (Fsp3) is 1.00. The molecule has 0 aliphatic carbocycles. The Balaban J connectivity index is 3.19. The van der Waals surface area contributed by atoms with Crippen LogP contribution in [0.4, 0.5) is 0 Å². The van der Waals surface area contributed by atoms with Crippen LogP contribution in [0.2, 0.25) is 0 Å². The minimum Gasteiger partial charge on any atom is -0.304 e. The summed E-state index contributed by atoms with van der Waals surface area (Å²) in [6.07, 6.45) is 39.4. The SMILES string of the molecule is CCCCCCCCCCCCCCCCCCCCCCN(CC)CCCCCCCCC. The van der Waals surface area contributed by atoms with E-state index in [0.717, 1.165) is 0 Å². The molecule has 0 radical (unpaired) electrons. The molecule has 1 heteroatoms. The van der Waals surface area contributed by atoms with Crippen molar-refractivity contribution in [3.05, 3.63) is 0 Å². The zero-order valence-electron chi connectivity index (χ0n) is 24.7. The van der Waals surface area contributed by atoms with E-state index < -0.39 is 0 Å². The first kappa shape index (κ1) is 34.0. The average molecular weight is 480 g/mol. The number of hydrogen-bond donors (Lipinski definition) is 0. The van der Waals surface area contributed by atoms with Gasteiger partial charge in [0.05, 0.1) is 0 Å². The Labute approximate surface area is 218 Å². The summed E-state index contributed by atoms with van der Waals surface area (Å²) in [6, 6.07) is 0. The molecule has 0 aliphatic rings. The molecule has 0 unspecified atom stereocenters. The topological polar surface area (TPSA) is 3.24 Å². The van der Waals surface area contributed by atoms with E-state index in [2.05, 4.69) is 25.7 Å². The predicted molar refractivity (Wildman–Crippen MR) is 158 cm³/mol. The first-order valence-electron chi connectivity index (χ1n) is 16.6. The van der Waals surface area contributed by atoms with Crippen molar-refractivity contribution in [2.75, 3.05) is 19.6 Å². The average Bonchev–Trinajstić information content (AvgIpc) is 2.85. The highest BCUT2D eigenvalue weighted by Gasteiger charge is 2.02. The Kier molecular flexibility index (Phi) is 31.0. The Morgan fingerprint density at radius 2 is 0.471 bits per heavy atom. The van der Waals surface area contributed by atoms with Crippen LogP contribution in [0.25, 0.3) is 0 Å². The molecule has 0 aromatic carbocycles. The van der Waals surface area contributed by atoms with Crippen LogP contribution in [0.15, 0.2) is 0 Å². The lowest BCUT2D eigenvalue weighted by atomic mass is 10.0. The summed E-state index contributed by atoms with van der Waals surface area (Å²) in [5, 5.41) is 0. The highest BCUT2D eigenvalue weighted by atomic mass is 15.1. The van der Waals surface area contributed by atoms with Crippen molar-refractivity contribution in [3.63, 3.8) is 0 Å². The van der Waals surface area contributed by atoms with Gasteiger partial charge in [-0.05, 0) is 32.5 Å². The Morgan fingerprint density at radius 1 is 0.265 bits per heavy atom. The molecule has 0 bridgehead atoms. The molecule has 0 heterocycles. The molecule has 0 N–H and O–H groups in total. The van der Waals surface area contributed by atoms with E-state index in [4.69, 9.17) is 0 Å². The van der Waals surface area contributed by atoms with E-state index in [-0.39, 0.29) is 0 Å². The summed E-state index contributed by atoms with van der Waals surface area (Å²) in [5.74, 6) is 0. The van der Waals surface area contributed by atoms with Gasteiger partial charge >= 0.3 is 0 Å². The van der Waals surface area contributed by atoms with Crippen molar-refractivity contribution in [1.82, 2.24) is 4.90 Å². The first-order chi connectivity index (χ1) is 16.8. The van der Waals surface area contributed by atoms with Gasteiger partial charge in [-0.3, -0.25) is 0 Å². The van der Waals surface area contributed by atoms with Gasteiger partial charge < -0.3 is 4.90 Å². The molecular weight excluding hydrogens is 410 g/mol. The first-order valence-corrected chi connectivity index (χ1v) is 16.6. The van der Waals surface area contributed by atoms with Crippen molar-refractivity contribution in [1.29, 1.82) is 0 Å². The van der Waals surface area contributed by atoms with E-state index in [9.17, 15) is 0 Å². The maximum Gasteiger partial charge on any atom is -0.00189 e. The summed E-state index contributed by atoms with van der Waals surface area (Å²) in [5.41, 5.74) is 0. The van der Waals surface area contributed by atoms with Gasteiger partial charge in [0.25, 0.3) is 0 Å². The third-order valence-electron chi connectivity index (χ3n) is 7.85. The van der Waals surface area contributed by atoms with Gasteiger partial charge in [-0.25, -0.2) is 0 Å².